The van der Waals surface area contributed by atoms with Crippen LogP contribution < -0.4 is 5.32 Å². The molecule has 0 saturated heterocycles. The van der Waals surface area contributed by atoms with Gasteiger partial charge in [0.2, 0.25) is 5.91 Å². The summed E-state index contributed by atoms with van der Waals surface area (Å²) >= 11 is 3.43. The summed E-state index contributed by atoms with van der Waals surface area (Å²) in [5.74, 6) is -0.0619. The van der Waals surface area contributed by atoms with Crippen LogP contribution in [0.3, 0.4) is 0 Å². The molecule has 1 heterocycles. The third-order valence-electron chi connectivity index (χ3n) is 2.84. The van der Waals surface area contributed by atoms with Crippen molar-refractivity contribution < 1.29 is 4.79 Å². The molecule has 0 bridgehead atoms. The highest BCUT2D eigenvalue weighted by atomic mass is 79.9. The maximum absolute atomic E-state index is 12.0. The predicted molar refractivity (Wildman–Crippen MR) is 80.2 cm³/mol. The molecule has 0 radical (unpaired) electrons. The Kier molecular flexibility index (Phi) is 4.32. The molecule has 0 unspecified atom stereocenters. The van der Waals surface area contributed by atoms with Crippen molar-refractivity contribution in [2.75, 3.05) is 5.32 Å². The highest BCUT2D eigenvalue weighted by Gasteiger charge is 2.09. The number of carbonyl (C=O) groups excluding carboxylic acids is 1. The highest BCUT2D eigenvalue weighted by Crippen LogP contribution is 2.23. The fourth-order valence-electron chi connectivity index (χ4n) is 1.78. The van der Waals surface area contributed by atoms with Crippen molar-refractivity contribution in [1.82, 2.24) is 4.98 Å². The number of anilines is 1. The number of hydrogen-bond donors (Lipinski definition) is 1. The largest absolute Gasteiger partial charge is 0.325 e. The molecular formula is C15H15BrN2O. The number of benzene rings is 1. The van der Waals surface area contributed by atoms with E-state index < -0.39 is 0 Å². The first-order valence-corrected chi connectivity index (χ1v) is 6.82. The van der Waals surface area contributed by atoms with Gasteiger partial charge in [-0.1, -0.05) is 12.1 Å². The summed E-state index contributed by atoms with van der Waals surface area (Å²) in [5, 5.41) is 2.90. The van der Waals surface area contributed by atoms with Gasteiger partial charge in [0, 0.05) is 10.7 Å². The Morgan fingerprint density at radius 1 is 1.32 bits per heavy atom. The summed E-state index contributed by atoms with van der Waals surface area (Å²) in [7, 11) is 0. The Morgan fingerprint density at radius 2 is 2.11 bits per heavy atom. The number of nitrogens with one attached hydrogen (secondary N) is 1. The minimum Gasteiger partial charge on any atom is -0.325 e. The molecule has 0 aliphatic heterocycles. The summed E-state index contributed by atoms with van der Waals surface area (Å²) in [6, 6.07) is 9.68. The number of rotatable bonds is 3. The first kappa shape index (κ1) is 13.7. The molecule has 0 aliphatic carbocycles. The molecule has 2 aromatic rings. The van der Waals surface area contributed by atoms with E-state index in [0.717, 1.165) is 27.0 Å². The molecule has 98 valence electrons. The number of amides is 1. The maximum Gasteiger partial charge on any atom is 0.230 e. The molecule has 1 amide bonds. The zero-order chi connectivity index (χ0) is 13.8. The van der Waals surface area contributed by atoms with Gasteiger partial charge in [0.1, 0.15) is 0 Å². The normalized spacial score (nSPS) is 10.3. The fourth-order valence-corrected chi connectivity index (χ4v) is 2.13. The third-order valence-corrected chi connectivity index (χ3v) is 3.53. The topological polar surface area (TPSA) is 42.0 Å². The molecule has 2 rings (SSSR count). The van der Waals surface area contributed by atoms with Crippen LogP contribution >= 0.6 is 15.9 Å². The van der Waals surface area contributed by atoms with Gasteiger partial charge in [0.25, 0.3) is 0 Å². The van der Waals surface area contributed by atoms with Crippen molar-refractivity contribution in [3.8, 4) is 0 Å². The van der Waals surface area contributed by atoms with Crippen LogP contribution in [0.2, 0.25) is 0 Å². The number of nitrogens with zero attached hydrogens (tertiary/aromatic N) is 1. The van der Waals surface area contributed by atoms with E-state index in [4.69, 9.17) is 0 Å². The lowest BCUT2D eigenvalue weighted by Gasteiger charge is -2.09. The van der Waals surface area contributed by atoms with Gasteiger partial charge in [0.15, 0.2) is 0 Å². The SMILES string of the molecule is Cc1ccc(Br)c(NC(=O)Cc2ncccc2C)c1. The second-order valence-corrected chi connectivity index (χ2v) is 5.33. The van der Waals surface area contributed by atoms with Crippen LogP contribution in [0.1, 0.15) is 16.8 Å². The molecule has 3 nitrogen and oxygen atoms in total. The maximum atomic E-state index is 12.0. The number of halogens is 1. The summed E-state index contributed by atoms with van der Waals surface area (Å²) < 4.78 is 0.879. The number of hydrogen-bond acceptors (Lipinski definition) is 2. The second-order valence-electron chi connectivity index (χ2n) is 4.48. The van der Waals surface area contributed by atoms with Crippen LogP contribution in [0.25, 0.3) is 0 Å². The van der Waals surface area contributed by atoms with Crippen LogP contribution in [-0.2, 0) is 11.2 Å². The van der Waals surface area contributed by atoms with E-state index in [1.54, 1.807) is 6.20 Å². The van der Waals surface area contributed by atoms with Crippen molar-refractivity contribution in [1.29, 1.82) is 0 Å². The average Bonchev–Trinajstić information content (AvgIpc) is 2.37. The zero-order valence-electron chi connectivity index (χ0n) is 10.9. The number of aryl methyl sites for hydroxylation is 2. The van der Waals surface area contributed by atoms with E-state index in [-0.39, 0.29) is 12.3 Å². The quantitative estimate of drug-likeness (QED) is 0.938. The summed E-state index contributed by atoms with van der Waals surface area (Å²) in [6.45, 7) is 3.95. The summed E-state index contributed by atoms with van der Waals surface area (Å²) in [5.41, 5.74) is 3.73. The van der Waals surface area contributed by atoms with Crippen molar-refractivity contribution in [2.45, 2.75) is 20.3 Å². The molecule has 0 atom stereocenters. The van der Waals surface area contributed by atoms with Gasteiger partial charge in [0.05, 0.1) is 17.8 Å². The molecule has 19 heavy (non-hydrogen) atoms. The monoisotopic (exact) mass is 318 g/mol. The Balaban J connectivity index is 2.10. The Bertz CT molecular complexity index is 611. The van der Waals surface area contributed by atoms with Crippen LogP contribution in [0.15, 0.2) is 41.0 Å². The summed E-state index contributed by atoms with van der Waals surface area (Å²) in [4.78, 5) is 16.3. The van der Waals surface area contributed by atoms with E-state index in [2.05, 4.69) is 26.2 Å². The number of carbonyl (C=O) groups is 1. The lowest BCUT2D eigenvalue weighted by molar-refractivity contribution is -0.115. The van der Waals surface area contributed by atoms with Crippen molar-refractivity contribution in [3.05, 3.63) is 57.8 Å². The first-order chi connectivity index (χ1) is 9.06. The second kappa shape index (κ2) is 5.97. The van der Waals surface area contributed by atoms with Crippen molar-refractivity contribution in [3.63, 3.8) is 0 Å². The molecule has 0 fully saturated rings. The van der Waals surface area contributed by atoms with Gasteiger partial charge >= 0.3 is 0 Å². The third kappa shape index (κ3) is 3.64. The van der Waals surface area contributed by atoms with Crippen LogP contribution in [0.4, 0.5) is 5.69 Å². The van der Waals surface area contributed by atoms with Gasteiger partial charge < -0.3 is 5.32 Å². The molecule has 4 heteroatoms. The minimum atomic E-state index is -0.0619. The van der Waals surface area contributed by atoms with Crippen LogP contribution in [-0.4, -0.2) is 10.9 Å². The van der Waals surface area contributed by atoms with Gasteiger partial charge in [-0.25, -0.2) is 0 Å². The van der Waals surface area contributed by atoms with E-state index in [1.165, 1.54) is 0 Å². The number of aromatic nitrogens is 1. The molecule has 0 spiro atoms. The number of pyridine rings is 1. The molecule has 0 aliphatic rings. The molecule has 1 aromatic carbocycles. The van der Waals surface area contributed by atoms with Gasteiger partial charge in [-0.15, -0.1) is 0 Å². The van der Waals surface area contributed by atoms with E-state index in [0.29, 0.717) is 0 Å². The van der Waals surface area contributed by atoms with E-state index in [9.17, 15) is 4.79 Å². The van der Waals surface area contributed by atoms with E-state index in [1.807, 2.05) is 44.2 Å². The van der Waals surface area contributed by atoms with Gasteiger partial charge in [-0.3, -0.25) is 9.78 Å². The lowest BCUT2D eigenvalue weighted by atomic mass is 10.1. The van der Waals surface area contributed by atoms with E-state index >= 15 is 0 Å². The van der Waals surface area contributed by atoms with Crippen molar-refractivity contribution >= 4 is 27.5 Å². The first-order valence-electron chi connectivity index (χ1n) is 6.03. The van der Waals surface area contributed by atoms with Gasteiger partial charge in [-0.2, -0.15) is 0 Å². The molecular weight excluding hydrogens is 304 g/mol. The predicted octanol–water partition coefficient (Wildman–Crippen LogP) is 3.64. The van der Waals surface area contributed by atoms with Crippen LogP contribution in [0.5, 0.6) is 0 Å². The fraction of sp³-hybridized carbons (Fsp3) is 0.200. The van der Waals surface area contributed by atoms with Crippen molar-refractivity contribution in [2.24, 2.45) is 0 Å². The van der Waals surface area contributed by atoms with Gasteiger partial charge in [-0.05, 0) is 59.1 Å². The van der Waals surface area contributed by atoms with Crippen LogP contribution in [0, 0.1) is 13.8 Å². The molecule has 0 saturated carbocycles. The zero-order valence-corrected chi connectivity index (χ0v) is 12.5. The Labute approximate surface area is 121 Å². The minimum absolute atomic E-state index is 0.0619. The Hall–Kier alpha value is -1.68. The summed E-state index contributed by atoms with van der Waals surface area (Å²) in [6.07, 6.45) is 1.99. The highest BCUT2D eigenvalue weighted by molar-refractivity contribution is 9.10. The standard InChI is InChI=1S/C15H15BrN2O/c1-10-5-6-12(16)14(8-10)18-15(19)9-13-11(2)4-3-7-17-13/h3-8H,9H2,1-2H3,(H,18,19). The Morgan fingerprint density at radius 3 is 2.84 bits per heavy atom. The smallest absolute Gasteiger partial charge is 0.230 e. The average molecular weight is 319 g/mol. The molecule has 1 aromatic heterocycles. The lowest BCUT2D eigenvalue weighted by Crippen LogP contribution is -2.16. The molecule has 1 N–H and O–H groups in total.